The maximum absolute atomic E-state index is 4.27. The third-order valence-electron chi connectivity index (χ3n) is 4.31. The number of hydrogen-bond donors (Lipinski definition) is 1. The molecule has 0 radical (unpaired) electrons. The Morgan fingerprint density at radius 1 is 1.25 bits per heavy atom. The Hall–Kier alpha value is 0.260. The van der Waals surface area contributed by atoms with Gasteiger partial charge in [-0.15, -0.1) is 0 Å². The molecule has 0 spiro atoms. The lowest BCUT2D eigenvalue weighted by atomic mass is 10.1. The topological polar surface area (TPSA) is 0 Å². The molecule has 0 bridgehead atoms. The zero-order valence-corrected chi connectivity index (χ0v) is 13.8. The Morgan fingerprint density at radius 3 is 2.06 bits per heavy atom. The van der Waals surface area contributed by atoms with Crippen LogP contribution < -0.4 is 0 Å². The molecule has 0 aliphatic heterocycles. The van der Waals surface area contributed by atoms with E-state index in [1.54, 1.807) is 5.31 Å². The van der Waals surface area contributed by atoms with E-state index >= 15 is 0 Å². The van der Waals surface area contributed by atoms with Crippen LogP contribution in [0, 0.1) is 0 Å². The van der Waals surface area contributed by atoms with E-state index in [0.717, 1.165) is 5.66 Å². The Bertz CT molecular complexity index is 291. The van der Waals surface area contributed by atoms with Crippen LogP contribution in [0.4, 0.5) is 0 Å². The first-order chi connectivity index (χ1) is 7.34. The smallest absolute Gasteiger partial charge is 0.0716 e. The van der Waals surface area contributed by atoms with E-state index in [2.05, 4.69) is 60.8 Å². The minimum Gasteiger partial charge on any atom is -0.151 e. The van der Waals surface area contributed by atoms with Crippen molar-refractivity contribution in [1.29, 1.82) is 0 Å². The van der Waals surface area contributed by atoms with Gasteiger partial charge in [-0.3, -0.25) is 0 Å². The predicted molar refractivity (Wildman–Crippen MR) is 84.3 cm³/mol. The van der Waals surface area contributed by atoms with Crippen molar-refractivity contribution in [2.45, 2.75) is 53.6 Å². The first-order valence-corrected chi connectivity index (χ1v) is 9.20. The first-order valence-electron chi connectivity index (χ1n) is 6.19. The molecule has 0 saturated heterocycles. The molecule has 0 fully saturated rings. The maximum Gasteiger partial charge on any atom is 0.0716 e. The number of hydrogen-bond acceptors (Lipinski definition) is 1. The Kier molecular flexibility index (Phi) is 6.98. The van der Waals surface area contributed by atoms with Gasteiger partial charge in [0, 0.05) is 7.26 Å². The molecule has 0 aromatic rings. The second-order valence-electron chi connectivity index (χ2n) is 4.86. The quantitative estimate of drug-likeness (QED) is 0.372. The van der Waals surface area contributed by atoms with Crippen LogP contribution >= 0.6 is 19.9 Å². The lowest BCUT2D eigenvalue weighted by molar-refractivity contribution is 0.880. The van der Waals surface area contributed by atoms with Crippen molar-refractivity contribution in [2.75, 3.05) is 12.8 Å². The van der Waals surface area contributed by atoms with Gasteiger partial charge in [0.15, 0.2) is 0 Å². The van der Waals surface area contributed by atoms with E-state index in [4.69, 9.17) is 0 Å². The van der Waals surface area contributed by atoms with Crippen LogP contribution in [0.25, 0.3) is 0 Å². The highest BCUT2D eigenvalue weighted by atomic mass is 32.1. The summed E-state index contributed by atoms with van der Waals surface area (Å²) in [5, 5.41) is 3.56. The van der Waals surface area contributed by atoms with Gasteiger partial charge >= 0.3 is 0 Å². The Balaban J connectivity index is 5.42. The average Bonchev–Trinajstić information content (AvgIpc) is 2.33. The molecule has 94 valence electrons. The Labute approximate surface area is 108 Å². The molecule has 0 rings (SSSR count). The van der Waals surface area contributed by atoms with Crippen molar-refractivity contribution in [1.82, 2.24) is 0 Å². The van der Waals surface area contributed by atoms with Crippen molar-refractivity contribution in [3.8, 4) is 0 Å². The average molecular weight is 259 g/mol. The summed E-state index contributed by atoms with van der Waals surface area (Å²) in [6.45, 7) is 16.3. The van der Waals surface area contributed by atoms with Gasteiger partial charge in [0.1, 0.15) is 0 Å². The van der Waals surface area contributed by atoms with Crippen LogP contribution in [0.2, 0.25) is 0 Å². The van der Waals surface area contributed by atoms with Gasteiger partial charge in [0.2, 0.25) is 0 Å². The molecule has 0 aromatic carbocycles. The van der Waals surface area contributed by atoms with Crippen LogP contribution in [0.5, 0.6) is 0 Å². The molecule has 2 atom stereocenters. The summed E-state index contributed by atoms with van der Waals surface area (Å²) >= 11 is 4.27. The van der Waals surface area contributed by atoms with E-state index < -0.39 is 7.26 Å². The van der Waals surface area contributed by atoms with Gasteiger partial charge < -0.3 is 0 Å². The Morgan fingerprint density at radius 2 is 1.75 bits per heavy atom. The van der Waals surface area contributed by atoms with Crippen molar-refractivity contribution in [3.63, 3.8) is 0 Å². The second kappa shape index (κ2) is 6.87. The zero-order valence-electron chi connectivity index (χ0n) is 12.0. The van der Waals surface area contributed by atoms with Crippen molar-refractivity contribution >= 4 is 19.9 Å². The molecular weight excluding hydrogens is 231 g/mol. The molecule has 2 heteroatoms. The van der Waals surface area contributed by atoms with Crippen LogP contribution in [-0.2, 0) is 0 Å². The fourth-order valence-electron chi connectivity index (χ4n) is 2.05. The molecule has 0 N–H and O–H groups in total. The van der Waals surface area contributed by atoms with Crippen LogP contribution in [0.3, 0.4) is 0 Å². The van der Waals surface area contributed by atoms with E-state index in [9.17, 15) is 0 Å². The van der Waals surface area contributed by atoms with Crippen LogP contribution in [0.15, 0.2) is 21.9 Å². The van der Waals surface area contributed by atoms with Gasteiger partial charge in [-0.05, 0) is 57.6 Å². The number of allylic oxidation sites excluding steroid dienone is 3. The third-order valence-corrected chi connectivity index (χ3v) is 10.2. The normalized spacial score (nSPS) is 20.1. The van der Waals surface area contributed by atoms with Crippen molar-refractivity contribution in [2.24, 2.45) is 0 Å². The third kappa shape index (κ3) is 3.37. The molecule has 0 aliphatic rings. The van der Waals surface area contributed by atoms with Gasteiger partial charge in [-0.2, -0.15) is 12.6 Å². The summed E-state index contributed by atoms with van der Waals surface area (Å²) < 4.78 is 0. The minimum absolute atomic E-state index is 0.833. The van der Waals surface area contributed by atoms with E-state index in [1.807, 2.05) is 5.41 Å². The highest BCUT2D eigenvalue weighted by molar-refractivity contribution is 7.83. The predicted octanol–water partition coefficient (Wildman–Crippen LogP) is 5.58. The molecule has 0 aromatic heterocycles. The maximum atomic E-state index is 4.27. The number of thiol groups is 1. The molecule has 16 heavy (non-hydrogen) atoms. The molecule has 0 heterocycles. The largest absolute Gasteiger partial charge is 0.151 e. The summed E-state index contributed by atoms with van der Waals surface area (Å²) in [6, 6.07) is 0. The summed E-state index contributed by atoms with van der Waals surface area (Å²) in [5.74, 6) is 0. The zero-order chi connectivity index (χ0) is 12.9. The van der Waals surface area contributed by atoms with Crippen LogP contribution in [-0.4, -0.2) is 18.5 Å². The first kappa shape index (κ1) is 16.3. The monoisotopic (exact) mass is 259 g/mol. The second-order valence-corrected chi connectivity index (χ2v) is 9.84. The molecule has 0 nitrogen and oxygen atoms in total. The SMILES string of the molecule is CCC(C)[P+](C)(CC)/C(C)=C(C)/C(C)=C/S. The molecule has 0 saturated carbocycles. The van der Waals surface area contributed by atoms with E-state index in [1.165, 1.54) is 23.7 Å². The standard InChI is InChI=1S/C14H27PS/c1-8-12(4)15(7,9-2)14(6)13(5)11(3)10-16/h10,12H,8-9H2,1-7H3/p+1/b11-10+,14-13+. The van der Waals surface area contributed by atoms with Crippen molar-refractivity contribution in [3.05, 3.63) is 21.9 Å². The number of rotatable bonds is 5. The highest BCUT2D eigenvalue weighted by Gasteiger charge is 2.38. The molecule has 0 amide bonds. The van der Waals surface area contributed by atoms with Gasteiger partial charge in [0.25, 0.3) is 0 Å². The van der Waals surface area contributed by atoms with Crippen LogP contribution in [0.1, 0.15) is 48.0 Å². The highest BCUT2D eigenvalue weighted by Crippen LogP contribution is 2.67. The van der Waals surface area contributed by atoms with Crippen molar-refractivity contribution < 1.29 is 0 Å². The summed E-state index contributed by atoms with van der Waals surface area (Å²) in [5.41, 5.74) is 3.59. The van der Waals surface area contributed by atoms with E-state index in [-0.39, 0.29) is 0 Å². The van der Waals surface area contributed by atoms with Gasteiger partial charge in [0.05, 0.1) is 23.8 Å². The fourth-order valence-corrected chi connectivity index (χ4v) is 5.75. The summed E-state index contributed by atoms with van der Waals surface area (Å²) in [7, 11) is -0.951. The fraction of sp³-hybridized carbons (Fsp3) is 0.714. The van der Waals surface area contributed by atoms with E-state index in [0.29, 0.717) is 0 Å². The molecular formula is C14H28PS+. The summed E-state index contributed by atoms with van der Waals surface area (Å²) in [4.78, 5) is 0. The lowest BCUT2D eigenvalue weighted by Crippen LogP contribution is -2.12. The summed E-state index contributed by atoms with van der Waals surface area (Å²) in [6.07, 6.45) is 2.59. The van der Waals surface area contributed by atoms with Gasteiger partial charge in [-0.25, -0.2) is 0 Å². The lowest BCUT2D eigenvalue weighted by Gasteiger charge is -2.29. The molecule has 0 aliphatic carbocycles. The minimum atomic E-state index is -0.951. The molecule has 2 unspecified atom stereocenters. The van der Waals surface area contributed by atoms with Gasteiger partial charge in [-0.1, -0.05) is 6.92 Å².